The molecule has 25 heavy (non-hydrogen) atoms. The molecule has 1 aliphatic heterocycles. The monoisotopic (exact) mass is 353 g/mol. The Bertz CT molecular complexity index is 603. The van der Waals surface area contributed by atoms with Crippen LogP contribution in [0.4, 0.5) is 0 Å². The summed E-state index contributed by atoms with van der Waals surface area (Å²) in [5.41, 5.74) is 0. The molecule has 1 aromatic heterocycles. The number of carbonyl (C=O) groups is 2. The maximum Gasteiger partial charge on any atom is 0.249 e. The molecule has 1 atom stereocenters. The first kappa shape index (κ1) is 19.3. The lowest BCUT2D eigenvalue weighted by Crippen LogP contribution is -2.60. The number of ether oxygens (including phenoxy) is 1. The number of amides is 2. The molecule has 9 heteroatoms. The van der Waals surface area contributed by atoms with Gasteiger partial charge in [0.05, 0.1) is 6.54 Å². The van der Waals surface area contributed by atoms with E-state index in [1.165, 1.54) is 12.0 Å². The van der Waals surface area contributed by atoms with Gasteiger partial charge in [0.15, 0.2) is 5.82 Å². The summed E-state index contributed by atoms with van der Waals surface area (Å²) < 4.78 is 10.1. The predicted octanol–water partition coefficient (Wildman–Crippen LogP) is -0.0596. The predicted molar refractivity (Wildman–Crippen MR) is 89.7 cm³/mol. The molecule has 0 spiro atoms. The van der Waals surface area contributed by atoms with Crippen molar-refractivity contribution in [2.45, 2.75) is 32.4 Å². The lowest BCUT2D eigenvalue weighted by Gasteiger charge is -2.40. The summed E-state index contributed by atoms with van der Waals surface area (Å²) in [5, 5.41) is 3.91. The van der Waals surface area contributed by atoms with E-state index >= 15 is 0 Å². The Morgan fingerprint density at radius 3 is 2.72 bits per heavy atom. The highest BCUT2D eigenvalue weighted by atomic mass is 16.5. The van der Waals surface area contributed by atoms with Gasteiger partial charge in [-0.25, -0.2) is 0 Å². The van der Waals surface area contributed by atoms with Crippen LogP contribution in [-0.2, 0) is 20.9 Å². The summed E-state index contributed by atoms with van der Waals surface area (Å²) in [6.45, 7) is 5.85. The van der Waals surface area contributed by atoms with E-state index in [1.807, 2.05) is 25.8 Å². The molecule has 9 nitrogen and oxygen atoms in total. The Morgan fingerprint density at radius 2 is 2.12 bits per heavy atom. The average molecular weight is 353 g/mol. The standard InChI is InChI=1S/C16H27N5O4/c1-11(2)15-17-13(18-25-15)9-20(4)16(23)12-8-19(3)6-7-21(12)14(22)10-24-5/h11-12H,6-10H2,1-5H3/t12-/m1/s1. The number of rotatable bonds is 6. The van der Waals surface area contributed by atoms with E-state index < -0.39 is 6.04 Å². The zero-order valence-corrected chi connectivity index (χ0v) is 15.6. The third-order valence-corrected chi connectivity index (χ3v) is 4.19. The summed E-state index contributed by atoms with van der Waals surface area (Å²) in [6, 6.07) is -0.539. The zero-order valence-electron chi connectivity index (χ0n) is 15.6. The van der Waals surface area contributed by atoms with Crippen molar-refractivity contribution in [3.63, 3.8) is 0 Å². The van der Waals surface area contributed by atoms with E-state index in [0.29, 0.717) is 24.8 Å². The Balaban J connectivity index is 2.07. The Morgan fingerprint density at radius 1 is 1.40 bits per heavy atom. The molecule has 140 valence electrons. The van der Waals surface area contributed by atoms with Crippen LogP contribution in [0.5, 0.6) is 0 Å². The van der Waals surface area contributed by atoms with Crippen molar-refractivity contribution in [1.82, 2.24) is 24.8 Å². The van der Waals surface area contributed by atoms with Crippen molar-refractivity contribution in [1.29, 1.82) is 0 Å². The summed E-state index contributed by atoms with van der Waals surface area (Å²) in [7, 11) is 5.09. The fourth-order valence-corrected chi connectivity index (χ4v) is 2.75. The number of carbonyl (C=O) groups excluding carboxylic acids is 2. The molecule has 0 aromatic carbocycles. The average Bonchev–Trinajstić information content (AvgIpc) is 3.03. The molecule has 1 fully saturated rings. The Labute approximate surface area is 147 Å². The molecule has 1 aromatic rings. The fourth-order valence-electron chi connectivity index (χ4n) is 2.75. The topological polar surface area (TPSA) is 92.0 Å². The molecule has 1 aliphatic rings. The quantitative estimate of drug-likeness (QED) is 0.707. The molecule has 0 radical (unpaired) electrons. The van der Waals surface area contributed by atoms with Crippen LogP contribution in [0, 0.1) is 0 Å². The number of hydrogen-bond donors (Lipinski definition) is 0. The van der Waals surface area contributed by atoms with Gasteiger partial charge in [-0.15, -0.1) is 0 Å². The highest BCUT2D eigenvalue weighted by Crippen LogP contribution is 2.15. The van der Waals surface area contributed by atoms with Crippen LogP contribution in [0.3, 0.4) is 0 Å². The van der Waals surface area contributed by atoms with Crippen LogP contribution in [0.25, 0.3) is 0 Å². The maximum absolute atomic E-state index is 12.9. The Hall–Kier alpha value is -2.00. The second-order valence-corrected chi connectivity index (χ2v) is 6.70. The zero-order chi connectivity index (χ0) is 18.6. The van der Waals surface area contributed by atoms with Gasteiger partial charge in [-0.3, -0.25) is 9.59 Å². The van der Waals surface area contributed by atoms with Gasteiger partial charge in [-0.1, -0.05) is 19.0 Å². The first-order chi connectivity index (χ1) is 11.8. The van der Waals surface area contributed by atoms with Crippen molar-refractivity contribution in [3.8, 4) is 0 Å². The summed E-state index contributed by atoms with van der Waals surface area (Å²) in [5.74, 6) is 0.816. The molecule has 2 heterocycles. The minimum absolute atomic E-state index is 0.0280. The molecule has 0 unspecified atom stereocenters. The molecule has 1 saturated heterocycles. The number of aromatic nitrogens is 2. The van der Waals surface area contributed by atoms with Crippen molar-refractivity contribution in [2.75, 3.05) is 47.4 Å². The van der Waals surface area contributed by atoms with Crippen molar-refractivity contribution < 1.29 is 18.8 Å². The first-order valence-corrected chi connectivity index (χ1v) is 8.37. The maximum atomic E-state index is 12.9. The van der Waals surface area contributed by atoms with Crippen LogP contribution < -0.4 is 0 Å². The number of nitrogens with zero attached hydrogens (tertiary/aromatic N) is 5. The van der Waals surface area contributed by atoms with Gasteiger partial charge >= 0.3 is 0 Å². The van der Waals surface area contributed by atoms with Gasteiger partial charge in [-0.2, -0.15) is 4.98 Å². The SMILES string of the molecule is COCC(=O)N1CCN(C)C[C@@H]1C(=O)N(C)Cc1noc(C(C)C)n1. The van der Waals surface area contributed by atoms with Crippen molar-refractivity contribution in [2.24, 2.45) is 0 Å². The van der Waals surface area contributed by atoms with E-state index in [-0.39, 0.29) is 30.9 Å². The van der Waals surface area contributed by atoms with Crippen LogP contribution in [0.2, 0.25) is 0 Å². The first-order valence-electron chi connectivity index (χ1n) is 8.37. The van der Waals surface area contributed by atoms with Gasteiger partial charge in [0.25, 0.3) is 0 Å². The van der Waals surface area contributed by atoms with Gasteiger partial charge < -0.3 is 24.0 Å². The minimum Gasteiger partial charge on any atom is -0.375 e. The van der Waals surface area contributed by atoms with Crippen molar-refractivity contribution in [3.05, 3.63) is 11.7 Å². The lowest BCUT2D eigenvalue weighted by atomic mass is 10.1. The smallest absolute Gasteiger partial charge is 0.249 e. The lowest BCUT2D eigenvalue weighted by molar-refractivity contribution is -0.150. The second-order valence-electron chi connectivity index (χ2n) is 6.70. The molecule has 0 bridgehead atoms. The fraction of sp³-hybridized carbons (Fsp3) is 0.750. The molecule has 0 saturated carbocycles. The third-order valence-electron chi connectivity index (χ3n) is 4.19. The van der Waals surface area contributed by atoms with Crippen LogP contribution >= 0.6 is 0 Å². The molecule has 0 N–H and O–H groups in total. The van der Waals surface area contributed by atoms with E-state index in [4.69, 9.17) is 9.26 Å². The second kappa shape index (κ2) is 8.39. The van der Waals surface area contributed by atoms with Gasteiger partial charge in [-0.05, 0) is 7.05 Å². The number of hydrogen-bond acceptors (Lipinski definition) is 7. The highest BCUT2D eigenvalue weighted by molar-refractivity contribution is 5.88. The largest absolute Gasteiger partial charge is 0.375 e. The van der Waals surface area contributed by atoms with E-state index in [9.17, 15) is 9.59 Å². The summed E-state index contributed by atoms with van der Waals surface area (Å²) in [6.07, 6.45) is 0. The van der Waals surface area contributed by atoms with Crippen LogP contribution in [0.1, 0.15) is 31.5 Å². The normalized spacial score (nSPS) is 18.6. The third kappa shape index (κ3) is 4.76. The molecule has 2 rings (SSSR count). The number of likely N-dealkylation sites (N-methyl/N-ethyl adjacent to an activating group) is 2. The molecular weight excluding hydrogens is 326 g/mol. The number of methoxy groups -OCH3 is 1. The van der Waals surface area contributed by atoms with E-state index in [0.717, 1.165) is 6.54 Å². The molecular formula is C16H27N5O4. The highest BCUT2D eigenvalue weighted by Gasteiger charge is 2.35. The summed E-state index contributed by atoms with van der Waals surface area (Å²) in [4.78, 5) is 34.6. The Kier molecular flexibility index (Phi) is 6.49. The molecule has 2 amide bonds. The van der Waals surface area contributed by atoms with E-state index in [2.05, 4.69) is 10.1 Å². The number of piperazine rings is 1. The van der Waals surface area contributed by atoms with Crippen LogP contribution in [0.15, 0.2) is 4.52 Å². The van der Waals surface area contributed by atoms with E-state index in [1.54, 1.807) is 11.9 Å². The van der Waals surface area contributed by atoms with Crippen molar-refractivity contribution >= 4 is 11.8 Å². The van der Waals surface area contributed by atoms with Gasteiger partial charge in [0, 0.05) is 39.7 Å². The van der Waals surface area contributed by atoms with Crippen LogP contribution in [-0.4, -0.2) is 90.1 Å². The van der Waals surface area contributed by atoms with Gasteiger partial charge in [0.1, 0.15) is 12.6 Å². The summed E-state index contributed by atoms with van der Waals surface area (Å²) >= 11 is 0. The molecule has 0 aliphatic carbocycles. The minimum atomic E-state index is -0.539. The van der Waals surface area contributed by atoms with Gasteiger partial charge in [0.2, 0.25) is 17.7 Å².